The fraction of sp³-hybridized carbons (Fsp3) is 0.400. The first-order valence-corrected chi connectivity index (χ1v) is 8.33. The number of rotatable bonds is 6. The molecule has 7 heteroatoms. The molecular formula is C15H17N3O3S. The number of hydrogen-bond donors (Lipinski definition) is 1. The first kappa shape index (κ1) is 15.1. The van der Waals surface area contributed by atoms with Crippen LogP contribution in [0.4, 0.5) is 6.01 Å². The van der Waals surface area contributed by atoms with E-state index < -0.39 is 0 Å². The van der Waals surface area contributed by atoms with Gasteiger partial charge in [0.15, 0.2) is 0 Å². The maximum atomic E-state index is 11.8. The van der Waals surface area contributed by atoms with Crippen molar-refractivity contribution in [1.82, 2.24) is 10.2 Å². The van der Waals surface area contributed by atoms with Gasteiger partial charge in [-0.2, -0.15) is 0 Å². The third kappa shape index (κ3) is 4.08. The monoisotopic (exact) mass is 319 g/mol. The number of amides is 1. The summed E-state index contributed by atoms with van der Waals surface area (Å²) in [6.07, 6.45) is 1.73. The van der Waals surface area contributed by atoms with Gasteiger partial charge in [0.05, 0.1) is 5.75 Å². The van der Waals surface area contributed by atoms with Gasteiger partial charge in [-0.15, -0.1) is 16.9 Å². The molecule has 2 aromatic rings. The van der Waals surface area contributed by atoms with Crippen LogP contribution in [0, 0.1) is 0 Å². The van der Waals surface area contributed by atoms with E-state index in [1.165, 1.54) is 17.3 Å². The number of aromatic nitrogens is 2. The highest BCUT2D eigenvalue weighted by Crippen LogP contribution is 2.28. The van der Waals surface area contributed by atoms with Gasteiger partial charge in [0.1, 0.15) is 6.10 Å². The van der Waals surface area contributed by atoms with Crippen LogP contribution in [0.1, 0.15) is 30.4 Å². The molecule has 0 aliphatic carbocycles. The number of carbonyl (C=O) groups excluding carboxylic acids is 1. The first-order chi connectivity index (χ1) is 10.8. The molecule has 0 bridgehead atoms. The van der Waals surface area contributed by atoms with E-state index in [9.17, 15) is 4.79 Å². The number of nitrogens with one attached hydrogen (secondary N) is 1. The summed E-state index contributed by atoms with van der Waals surface area (Å²) in [6.45, 7) is 0.713. The normalized spacial score (nSPS) is 17.5. The molecule has 6 nitrogen and oxygen atoms in total. The van der Waals surface area contributed by atoms with E-state index in [4.69, 9.17) is 9.15 Å². The Balaban J connectivity index is 1.43. The van der Waals surface area contributed by atoms with Crippen molar-refractivity contribution in [3.63, 3.8) is 0 Å². The second-order valence-electron chi connectivity index (χ2n) is 4.97. The third-order valence-electron chi connectivity index (χ3n) is 3.24. The Morgan fingerprint density at radius 2 is 2.18 bits per heavy atom. The zero-order chi connectivity index (χ0) is 15.2. The fourth-order valence-electron chi connectivity index (χ4n) is 2.18. The van der Waals surface area contributed by atoms with Gasteiger partial charge in [0.2, 0.25) is 11.8 Å². The highest BCUT2D eigenvalue weighted by Gasteiger charge is 2.23. The lowest BCUT2D eigenvalue weighted by atomic mass is 10.2. The molecule has 22 heavy (non-hydrogen) atoms. The van der Waals surface area contributed by atoms with Gasteiger partial charge >= 0.3 is 6.01 Å². The predicted octanol–water partition coefficient (Wildman–Crippen LogP) is 2.79. The number of carbonyl (C=O) groups is 1. The van der Waals surface area contributed by atoms with E-state index in [-0.39, 0.29) is 18.0 Å². The summed E-state index contributed by atoms with van der Waals surface area (Å²) >= 11 is 1.54. The molecule has 1 aromatic heterocycles. The Morgan fingerprint density at radius 3 is 2.95 bits per heavy atom. The molecule has 1 aliphatic rings. The number of ether oxygens (including phenoxy) is 1. The highest BCUT2D eigenvalue weighted by atomic mass is 32.2. The summed E-state index contributed by atoms with van der Waals surface area (Å²) in [5.74, 6) is 1.42. The number of hydrogen-bond acceptors (Lipinski definition) is 6. The average Bonchev–Trinajstić information content (AvgIpc) is 3.19. The smallest absolute Gasteiger partial charge is 0.322 e. The molecule has 0 radical (unpaired) electrons. The van der Waals surface area contributed by atoms with Crippen LogP contribution in [0.5, 0.6) is 0 Å². The molecule has 1 fully saturated rings. The SMILES string of the molecule is O=C(CSCc1ccccc1)Nc1nnc(C2CCCO2)o1. The summed E-state index contributed by atoms with van der Waals surface area (Å²) in [5.41, 5.74) is 1.19. The first-order valence-electron chi connectivity index (χ1n) is 7.18. The predicted molar refractivity (Wildman–Crippen MR) is 83.5 cm³/mol. The largest absolute Gasteiger partial charge is 0.405 e. The molecule has 1 unspecified atom stereocenters. The molecule has 1 N–H and O–H groups in total. The number of thioether (sulfide) groups is 1. The molecule has 1 aliphatic heterocycles. The number of anilines is 1. The standard InChI is InChI=1S/C15H17N3O3S/c19-13(10-22-9-11-5-2-1-3-6-11)16-15-18-17-14(21-15)12-7-4-8-20-12/h1-3,5-6,12H,4,7-10H2,(H,16,18,19). The van der Waals surface area contributed by atoms with E-state index in [1.807, 2.05) is 30.3 Å². The zero-order valence-electron chi connectivity index (χ0n) is 12.0. The Bertz CT molecular complexity index is 612. The molecule has 1 atom stereocenters. The zero-order valence-corrected chi connectivity index (χ0v) is 12.8. The van der Waals surface area contributed by atoms with E-state index in [2.05, 4.69) is 15.5 Å². The van der Waals surface area contributed by atoms with Gasteiger partial charge in [-0.1, -0.05) is 35.4 Å². The molecule has 3 rings (SSSR count). The van der Waals surface area contributed by atoms with Crippen LogP contribution in [0.25, 0.3) is 0 Å². The maximum Gasteiger partial charge on any atom is 0.322 e. The summed E-state index contributed by atoms with van der Waals surface area (Å²) in [6, 6.07) is 10.2. The number of nitrogens with zero attached hydrogens (tertiary/aromatic N) is 2. The minimum absolute atomic E-state index is 0.134. The van der Waals surface area contributed by atoms with Gasteiger partial charge in [-0.3, -0.25) is 10.1 Å². The van der Waals surface area contributed by atoms with Gasteiger partial charge in [-0.05, 0) is 18.4 Å². The lowest BCUT2D eigenvalue weighted by molar-refractivity contribution is -0.113. The van der Waals surface area contributed by atoms with Crippen molar-refractivity contribution in [3.8, 4) is 0 Å². The van der Waals surface area contributed by atoms with E-state index in [1.54, 1.807) is 0 Å². The van der Waals surface area contributed by atoms with Crippen molar-refractivity contribution < 1.29 is 13.9 Å². The summed E-state index contributed by atoms with van der Waals surface area (Å²) in [5, 5.41) is 10.4. The Kier molecular flexibility index (Phi) is 5.07. The topological polar surface area (TPSA) is 77.2 Å². The van der Waals surface area contributed by atoms with Crippen molar-refractivity contribution in [2.24, 2.45) is 0 Å². The molecule has 1 amide bonds. The van der Waals surface area contributed by atoms with E-state index in [0.29, 0.717) is 18.3 Å². The third-order valence-corrected chi connectivity index (χ3v) is 4.24. The lowest BCUT2D eigenvalue weighted by Gasteiger charge is -2.03. The minimum Gasteiger partial charge on any atom is -0.405 e. The summed E-state index contributed by atoms with van der Waals surface area (Å²) in [7, 11) is 0. The van der Waals surface area contributed by atoms with Crippen LogP contribution in [-0.4, -0.2) is 28.5 Å². The second kappa shape index (κ2) is 7.42. The molecule has 1 aromatic carbocycles. The minimum atomic E-state index is -0.150. The Morgan fingerprint density at radius 1 is 1.32 bits per heavy atom. The Labute approximate surface area is 132 Å². The molecule has 0 saturated carbocycles. The van der Waals surface area contributed by atoms with Crippen molar-refractivity contribution in [2.45, 2.75) is 24.7 Å². The molecule has 0 spiro atoms. The lowest BCUT2D eigenvalue weighted by Crippen LogP contribution is -2.14. The van der Waals surface area contributed by atoms with E-state index in [0.717, 1.165) is 18.6 Å². The van der Waals surface area contributed by atoms with Gasteiger partial charge in [0, 0.05) is 12.4 Å². The average molecular weight is 319 g/mol. The van der Waals surface area contributed by atoms with Crippen LogP contribution in [0.15, 0.2) is 34.7 Å². The molecule has 116 valence electrons. The van der Waals surface area contributed by atoms with Gasteiger partial charge in [-0.25, -0.2) is 0 Å². The maximum absolute atomic E-state index is 11.8. The van der Waals surface area contributed by atoms with Crippen molar-refractivity contribution in [2.75, 3.05) is 17.7 Å². The van der Waals surface area contributed by atoms with Crippen LogP contribution >= 0.6 is 11.8 Å². The van der Waals surface area contributed by atoms with Crippen molar-refractivity contribution in [1.29, 1.82) is 0 Å². The van der Waals surface area contributed by atoms with Crippen LogP contribution < -0.4 is 5.32 Å². The summed E-state index contributed by atoms with van der Waals surface area (Å²) in [4.78, 5) is 11.8. The molecular weight excluding hydrogens is 302 g/mol. The van der Waals surface area contributed by atoms with Gasteiger partial charge in [0.25, 0.3) is 0 Å². The molecule has 2 heterocycles. The fourth-order valence-corrected chi connectivity index (χ4v) is 2.97. The van der Waals surface area contributed by atoms with Crippen molar-refractivity contribution >= 4 is 23.7 Å². The highest BCUT2D eigenvalue weighted by molar-refractivity contribution is 7.99. The van der Waals surface area contributed by atoms with Gasteiger partial charge < -0.3 is 9.15 Å². The quantitative estimate of drug-likeness (QED) is 0.882. The van der Waals surface area contributed by atoms with Crippen LogP contribution in [-0.2, 0) is 15.3 Å². The second-order valence-corrected chi connectivity index (χ2v) is 5.96. The Hall–Kier alpha value is -1.86. The summed E-state index contributed by atoms with van der Waals surface area (Å²) < 4.78 is 10.9. The molecule has 1 saturated heterocycles. The van der Waals surface area contributed by atoms with Crippen molar-refractivity contribution in [3.05, 3.63) is 41.8 Å². The van der Waals surface area contributed by atoms with Crippen LogP contribution in [0.2, 0.25) is 0 Å². The van der Waals surface area contributed by atoms with E-state index >= 15 is 0 Å². The number of benzene rings is 1. The van der Waals surface area contributed by atoms with Crippen LogP contribution in [0.3, 0.4) is 0 Å².